The molecule has 1 fully saturated rings. The number of nitrogens with one attached hydrogen (secondary N) is 2. The van der Waals surface area contributed by atoms with Gasteiger partial charge >= 0.3 is 6.03 Å². The highest BCUT2D eigenvalue weighted by atomic mass is 16.2. The fourth-order valence-electron chi connectivity index (χ4n) is 3.31. The van der Waals surface area contributed by atoms with Gasteiger partial charge in [-0.15, -0.1) is 0 Å². The summed E-state index contributed by atoms with van der Waals surface area (Å²) in [7, 11) is 5.72. The summed E-state index contributed by atoms with van der Waals surface area (Å²) in [4.78, 5) is 19.0. The average Bonchev–Trinajstić information content (AvgIpc) is 3.06. The first-order chi connectivity index (χ1) is 12.9. The van der Waals surface area contributed by atoms with Crippen LogP contribution in [0.2, 0.25) is 0 Å². The fourth-order valence-corrected chi connectivity index (χ4v) is 3.31. The zero-order valence-electron chi connectivity index (χ0n) is 16.0. The van der Waals surface area contributed by atoms with E-state index in [0.29, 0.717) is 17.4 Å². The van der Waals surface area contributed by atoms with Gasteiger partial charge in [0.25, 0.3) is 0 Å². The van der Waals surface area contributed by atoms with Gasteiger partial charge in [0.15, 0.2) is 5.65 Å². The Balaban J connectivity index is 1.56. The number of urea groups is 1. The predicted molar refractivity (Wildman–Crippen MR) is 104 cm³/mol. The Bertz CT molecular complexity index is 998. The summed E-state index contributed by atoms with van der Waals surface area (Å²) in [6.07, 6.45) is 5.31. The summed E-state index contributed by atoms with van der Waals surface area (Å²) in [5.74, 6) is 1.74. The number of aryl methyl sites for hydroxylation is 2. The molecule has 2 N–H and O–H groups in total. The summed E-state index contributed by atoms with van der Waals surface area (Å²) in [5, 5.41) is 14.7. The lowest BCUT2D eigenvalue weighted by molar-refractivity contribution is 0.262. The van der Waals surface area contributed by atoms with Crippen molar-refractivity contribution >= 4 is 29.0 Å². The average molecular weight is 368 g/mol. The molecule has 27 heavy (non-hydrogen) atoms. The van der Waals surface area contributed by atoms with E-state index in [0.717, 1.165) is 35.7 Å². The minimum atomic E-state index is -0.332. The summed E-state index contributed by atoms with van der Waals surface area (Å²) >= 11 is 0. The highest BCUT2D eigenvalue weighted by Gasteiger charge is 2.26. The number of carbonyl (C=O) groups excluding carboxylic acids is 1. The van der Waals surface area contributed by atoms with E-state index >= 15 is 0 Å². The molecule has 0 radical (unpaired) electrons. The van der Waals surface area contributed by atoms with Gasteiger partial charge in [0.1, 0.15) is 11.6 Å². The van der Waals surface area contributed by atoms with Gasteiger partial charge in [-0.3, -0.25) is 10.00 Å². The molecule has 0 aromatic carbocycles. The minimum absolute atomic E-state index is 0.332. The smallest absolute Gasteiger partial charge is 0.324 e. The first-order valence-corrected chi connectivity index (χ1v) is 9.07. The van der Waals surface area contributed by atoms with E-state index in [1.165, 1.54) is 6.42 Å². The van der Waals surface area contributed by atoms with Crippen LogP contribution in [0.5, 0.6) is 0 Å². The zero-order chi connectivity index (χ0) is 19.1. The fraction of sp³-hybridized carbons (Fsp3) is 0.444. The number of rotatable bonds is 4. The predicted octanol–water partition coefficient (Wildman–Crippen LogP) is 2.75. The molecule has 3 heterocycles. The summed E-state index contributed by atoms with van der Waals surface area (Å²) in [6, 6.07) is 3.35. The van der Waals surface area contributed by atoms with Gasteiger partial charge in [-0.1, -0.05) is 6.42 Å². The van der Waals surface area contributed by atoms with Crippen molar-refractivity contribution in [2.75, 3.05) is 29.6 Å². The van der Waals surface area contributed by atoms with Gasteiger partial charge in [0, 0.05) is 45.4 Å². The lowest BCUT2D eigenvalue weighted by Gasteiger charge is -2.24. The second kappa shape index (κ2) is 6.57. The maximum atomic E-state index is 12.6. The molecule has 3 aromatic rings. The van der Waals surface area contributed by atoms with Gasteiger partial charge in [-0.25, -0.2) is 9.78 Å². The van der Waals surface area contributed by atoms with Crippen LogP contribution in [-0.4, -0.2) is 44.5 Å². The number of hydrogen-bond donors (Lipinski definition) is 2. The molecule has 142 valence electrons. The van der Waals surface area contributed by atoms with Crippen molar-refractivity contribution in [3.8, 4) is 0 Å². The third-order valence-corrected chi connectivity index (χ3v) is 4.83. The van der Waals surface area contributed by atoms with Crippen molar-refractivity contribution in [2.45, 2.75) is 32.1 Å². The topological polar surface area (TPSA) is 92.4 Å². The van der Waals surface area contributed by atoms with Crippen molar-refractivity contribution in [1.29, 1.82) is 0 Å². The van der Waals surface area contributed by atoms with Crippen molar-refractivity contribution in [3.63, 3.8) is 0 Å². The van der Waals surface area contributed by atoms with Crippen LogP contribution >= 0.6 is 0 Å². The first kappa shape index (κ1) is 17.3. The standard InChI is InChI=1S/C18H24N8O/c1-11-8-15-20-14(9-16(24(2)3)26(15)22-11)21-18(27)19-13-10-25(4)23-17(13)12-6-5-7-12/h8-10,12H,5-7H2,1-4H3,(H2,19,20,21,27). The molecule has 0 unspecified atom stereocenters. The molecule has 0 spiro atoms. The highest BCUT2D eigenvalue weighted by Crippen LogP contribution is 2.38. The third kappa shape index (κ3) is 3.32. The van der Waals surface area contributed by atoms with Crippen molar-refractivity contribution in [1.82, 2.24) is 24.4 Å². The highest BCUT2D eigenvalue weighted by molar-refractivity contribution is 5.99. The number of hydrogen-bond acceptors (Lipinski definition) is 5. The van der Waals surface area contributed by atoms with Crippen LogP contribution in [0.15, 0.2) is 18.3 Å². The Morgan fingerprint density at radius 2 is 2.00 bits per heavy atom. The second-order valence-electron chi connectivity index (χ2n) is 7.26. The number of aromatic nitrogens is 5. The Labute approximate surface area is 157 Å². The lowest BCUT2D eigenvalue weighted by Crippen LogP contribution is -2.22. The van der Waals surface area contributed by atoms with Gasteiger partial charge in [-0.2, -0.15) is 14.7 Å². The third-order valence-electron chi connectivity index (χ3n) is 4.83. The van der Waals surface area contributed by atoms with Crippen LogP contribution in [-0.2, 0) is 7.05 Å². The summed E-state index contributed by atoms with van der Waals surface area (Å²) in [6.45, 7) is 1.91. The largest absolute Gasteiger partial charge is 0.363 e. The maximum Gasteiger partial charge on any atom is 0.324 e. The SMILES string of the molecule is Cc1cc2nc(NC(=O)Nc3cn(C)nc3C3CCC3)cc(N(C)C)n2n1. The van der Waals surface area contributed by atoms with Gasteiger partial charge < -0.3 is 10.2 Å². The van der Waals surface area contributed by atoms with E-state index in [9.17, 15) is 4.79 Å². The summed E-state index contributed by atoms with van der Waals surface area (Å²) in [5.41, 5.74) is 3.27. The first-order valence-electron chi connectivity index (χ1n) is 9.07. The molecule has 0 bridgehead atoms. The van der Waals surface area contributed by atoms with Crippen LogP contribution in [0, 0.1) is 6.92 Å². The van der Waals surface area contributed by atoms with Crippen LogP contribution < -0.4 is 15.5 Å². The van der Waals surface area contributed by atoms with E-state index in [2.05, 4.69) is 25.8 Å². The van der Waals surface area contributed by atoms with Crippen LogP contribution in [0.25, 0.3) is 5.65 Å². The Morgan fingerprint density at radius 1 is 1.22 bits per heavy atom. The number of fused-ring (bicyclic) bond motifs is 1. The Kier molecular flexibility index (Phi) is 4.21. The van der Waals surface area contributed by atoms with E-state index in [-0.39, 0.29) is 6.03 Å². The molecule has 0 aliphatic heterocycles. The molecule has 3 aromatic heterocycles. The molecule has 0 saturated heterocycles. The molecule has 0 atom stereocenters. The van der Waals surface area contributed by atoms with Crippen molar-refractivity contribution in [3.05, 3.63) is 29.7 Å². The normalized spacial score (nSPS) is 14.2. The molecule has 4 rings (SSSR count). The van der Waals surface area contributed by atoms with E-state index in [1.807, 2.05) is 45.2 Å². The number of nitrogens with zero attached hydrogens (tertiary/aromatic N) is 6. The molecule has 9 nitrogen and oxygen atoms in total. The Hall–Kier alpha value is -3.10. The molecule has 1 saturated carbocycles. The second-order valence-corrected chi connectivity index (χ2v) is 7.26. The number of anilines is 3. The lowest BCUT2D eigenvalue weighted by atomic mass is 9.82. The van der Waals surface area contributed by atoms with E-state index < -0.39 is 0 Å². The maximum absolute atomic E-state index is 12.6. The number of carbonyl (C=O) groups is 1. The van der Waals surface area contributed by atoms with Gasteiger partial charge in [0.05, 0.1) is 17.1 Å². The molecule has 2 amide bonds. The van der Waals surface area contributed by atoms with Crippen LogP contribution in [0.1, 0.15) is 36.6 Å². The molecular formula is C18H24N8O. The quantitative estimate of drug-likeness (QED) is 0.739. The van der Waals surface area contributed by atoms with Crippen molar-refractivity contribution < 1.29 is 4.79 Å². The van der Waals surface area contributed by atoms with Crippen LogP contribution in [0.3, 0.4) is 0 Å². The van der Waals surface area contributed by atoms with Crippen LogP contribution in [0.4, 0.5) is 22.1 Å². The zero-order valence-corrected chi connectivity index (χ0v) is 16.0. The van der Waals surface area contributed by atoms with Gasteiger partial charge in [0.2, 0.25) is 0 Å². The van der Waals surface area contributed by atoms with Crippen molar-refractivity contribution in [2.24, 2.45) is 7.05 Å². The Morgan fingerprint density at radius 3 is 2.67 bits per heavy atom. The molecule has 1 aliphatic rings. The molecular weight excluding hydrogens is 344 g/mol. The van der Waals surface area contributed by atoms with E-state index in [4.69, 9.17) is 0 Å². The molecule has 1 aliphatic carbocycles. The minimum Gasteiger partial charge on any atom is -0.363 e. The summed E-state index contributed by atoms with van der Waals surface area (Å²) < 4.78 is 3.50. The number of amides is 2. The van der Waals surface area contributed by atoms with E-state index in [1.54, 1.807) is 15.3 Å². The van der Waals surface area contributed by atoms with Gasteiger partial charge in [-0.05, 0) is 19.8 Å². The molecule has 9 heteroatoms. The monoisotopic (exact) mass is 368 g/mol.